The lowest BCUT2D eigenvalue weighted by Gasteiger charge is -2.50. The zero-order chi connectivity index (χ0) is 30.7. The summed E-state index contributed by atoms with van der Waals surface area (Å²) in [5, 5.41) is 49.4. The number of fused-ring (bicyclic) bond motifs is 3. The van der Waals surface area contributed by atoms with Crippen molar-refractivity contribution < 1.29 is 34.8 Å². The lowest BCUT2D eigenvalue weighted by atomic mass is 9.57. The molecule has 1 heterocycles. The van der Waals surface area contributed by atoms with E-state index in [4.69, 9.17) is 5.73 Å². The summed E-state index contributed by atoms with van der Waals surface area (Å²) in [6, 6.07) is 0.836. The molecule has 1 unspecified atom stereocenters. The van der Waals surface area contributed by atoms with Gasteiger partial charge in [0.15, 0.2) is 11.4 Å². The van der Waals surface area contributed by atoms with Crippen molar-refractivity contribution in [3.8, 4) is 5.75 Å². The molecule has 228 valence electrons. The Morgan fingerprint density at radius 2 is 1.79 bits per heavy atom. The number of nitrogens with two attached hydrogens (primary N) is 1. The summed E-state index contributed by atoms with van der Waals surface area (Å²) in [6.45, 7) is 2.02. The standard InChI is InChI=1S/C31H42N4O7/c1-34(2)20-14-16(7-5-6-15-8-10-33-11-9-15)25(36)22-18(20)12-17-13-19-24(35(3)4)27(38)23(30(32)41)29(40)31(19,42)28(39)21(17)26(22)37/h14-15,17,19,24,33,36-37,40,42H,5-13H2,1-4H3,(H2,32,41)/t17-,19-,24?,31+/m1/s1. The Bertz CT molecular complexity index is 1390. The van der Waals surface area contributed by atoms with Crippen molar-refractivity contribution in [2.45, 2.75) is 56.6 Å². The summed E-state index contributed by atoms with van der Waals surface area (Å²) in [6.07, 6.45) is 5.06. The fourth-order valence-corrected chi connectivity index (χ4v) is 7.69. The largest absolute Gasteiger partial charge is 0.508 e. The van der Waals surface area contributed by atoms with E-state index in [1.165, 1.54) is 4.90 Å². The normalized spacial score (nSPS) is 28.1. The van der Waals surface area contributed by atoms with E-state index in [0.29, 0.717) is 23.5 Å². The molecule has 11 nitrogen and oxygen atoms in total. The van der Waals surface area contributed by atoms with Crippen LogP contribution in [0.3, 0.4) is 0 Å². The first kappa shape index (κ1) is 30.1. The quantitative estimate of drug-likeness (QED) is 0.257. The number of benzene rings is 1. The van der Waals surface area contributed by atoms with E-state index >= 15 is 0 Å². The second kappa shape index (κ2) is 11.0. The number of rotatable bonds is 7. The zero-order valence-corrected chi connectivity index (χ0v) is 24.7. The molecule has 0 aromatic heterocycles. The SMILES string of the molecule is CN(C)c1cc(CCCC2CCNCC2)c(O)c2c1C[C@@H]1C[C@@H]3C(N(C)C)C(=O)C(C(N)=O)=C(O)[C@@]3(O)C(=O)C1=C2O. The van der Waals surface area contributed by atoms with Gasteiger partial charge >= 0.3 is 0 Å². The molecular formula is C31H42N4O7. The van der Waals surface area contributed by atoms with Gasteiger partial charge in [-0.3, -0.25) is 19.3 Å². The number of amides is 1. The number of aromatic hydroxyl groups is 1. The molecule has 5 rings (SSSR count). The highest BCUT2D eigenvalue weighted by Crippen LogP contribution is 2.54. The van der Waals surface area contributed by atoms with E-state index in [0.717, 1.165) is 44.5 Å². The summed E-state index contributed by atoms with van der Waals surface area (Å²) >= 11 is 0. The number of phenols is 1. The van der Waals surface area contributed by atoms with Gasteiger partial charge in [-0.1, -0.05) is 6.42 Å². The van der Waals surface area contributed by atoms with Crippen molar-refractivity contribution in [2.75, 3.05) is 46.2 Å². The number of nitrogens with one attached hydrogen (secondary N) is 1. The van der Waals surface area contributed by atoms with Crippen molar-refractivity contribution in [3.63, 3.8) is 0 Å². The van der Waals surface area contributed by atoms with Crippen LogP contribution in [-0.2, 0) is 27.2 Å². The number of primary amides is 1. The summed E-state index contributed by atoms with van der Waals surface area (Å²) in [4.78, 5) is 43.0. The summed E-state index contributed by atoms with van der Waals surface area (Å²) < 4.78 is 0. The van der Waals surface area contributed by atoms with Crippen molar-refractivity contribution in [1.82, 2.24) is 10.2 Å². The number of phenolic OH excluding ortho intramolecular Hbond substituents is 1. The molecule has 7 N–H and O–H groups in total. The highest BCUT2D eigenvalue weighted by Gasteiger charge is 2.64. The number of nitrogens with zero attached hydrogens (tertiary/aromatic N) is 2. The van der Waals surface area contributed by atoms with Crippen molar-refractivity contribution in [3.05, 3.63) is 39.7 Å². The maximum Gasteiger partial charge on any atom is 0.255 e. The molecule has 2 fully saturated rings. The minimum Gasteiger partial charge on any atom is -0.508 e. The van der Waals surface area contributed by atoms with Gasteiger partial charge in [0, 0.05) is 31.3 Å². The number of likely N-dealkylation sites (N-methyl/N-ethyl adjacent to an activating group) is 1. The van der Waals surface area contributed by atoms with Gasteiger partial charge in [0.2, 0.25) is 5.78 Å². The van der Waals surface area contributed by atoms with E-state index in [-0.39, 0.29) is 29.7 Å². The van der Waals surface area contributed by atoms with Crippen LogP contribution in [0.5, 0.6) is 5.75 Å². The Kier molecular flexibility index (Phi) is 7.88. The summed E-state index contributed by atoms with van der Waals surface area (Å²) in [7, 11) is 6.93. The molecule has 42 heavy (non-hydrogen) atoms. The average molecular weight is 583 g/mol. The molecule has 0 bridgehead atoms. The van der Waals surface area contributed by atoms with Crippen molar-refractivity contribution in [1.29, 1.82) is 0 Å². The van der Waals surface area contributed by atoms with Crippen LogP contribution in [0.25, 0.3) is 5.76 Å². The second-order valence-corrected chi connectivity index (χ2v) is 12.7. The molecule has 0 radical (unpaired) electrons. The Morgan fingerprint density at radius 3 is 2.38 bits per heavy atom. The highest BCUT2D eigenvalue weighted by atomic mass is 16.3. The molecule has 1 saturated heterocycles. The molecule has 0 spiro atoms. The van der Waals surface area contributed by atoms with Gasteiger partial charge in [-0.15, -0.1) is 0 Å². The third-order valence-electron chi connectivity index (χ3n) is 9.78. The fourth-order valence-electron chi connectivity index (χ4n) is 7.69. The molecular weight excluding hydrogens is 540 g/mol. The Labute approximate surface area is 245 Å². The van der Waals surface area contributed by atoms with Gasteiger partial charge in [-0.2, -0.15) is 0 Å². The first-order chi connectivity index (χ1) is 19.8. The number of hydrogen-bond acceptors (Lipinski definition) is 10. The van der Waals surface area contributed by atoms with Crippen LogP contribution in [0.15, 0.2) is 23.0 Å². The van der Waals surface area contributed by atoms with Crippen molar-refractivity contribution in [2.24, 2.45) is 23.5 Å². The van der Waals surface area contributed by atoms with Gasteiger partial charge in [0.25, 0.3) is 5.91 Å². The van der Waals surface area contributed by atoms with Gasteiger partial charge in [0.1, 0.15) is 22.8 Å². The second-order valence-electron chi connectivity index (χ2n) is 12.7. The highest BCUT2D eigenvalue weighted by molar-refractivity contribution is 6.24. The topological polar surface area (TPSA) is 177 Å². The predicted molar refractivity (Wildman–Crippen MR) is 157 cm³/mol. The lowest BCUT2D eigenvalue weighted by molar-refractivity contribution is -0.153. The van der Waals surface area contributed by atoms with Gasteiger partial charge in [0.05, 0.1) is 11.6 Å². The molecule has 11 heteroatoms. The Balaban J connectivity index is 1.60. The number of carbonyl (C=O) groups excluding carboxylic acids is 3. The molecule has 1 amide bonds. The van der Waals surface area contributed by atoms with Crippen LogP contribution >= 0.6 is 0 Å². The third kappa shape index (κ3) is 4.58. The number of aliphatic hydroxyl groups is 3. The number of ketones is 2. The summed E-state index contributed by atoms with van der Waals surface area (Å²) in [5.41, 5.74) is 4.10. The van der Waals surface area contributed by atoms with E-state index < -0.39 is 58.0 Å². The number of aryl methyl sites for hydroxylation is 1. The maximum atomic E-state index is 14.1. The van der Waals surface area contributed by atoms with E-state index in [2.05, 4.69) is 5.32 Å². The molecule has 1 aromatic rings. The van der Waals surface area contributed by atoms with Crippen LogP contribution in [0.1, 0.15) is 48.8 Å². The lowest BCUT2D eigenvalue weighted by Crippen LogP contribution is -2.65. The van der Waals surface area contributed by atoms with Crippen LogP contribution in [0.4, 0.5) is 5.69 Å². The van der Waals surface area contributed by atoms with E-state index in [1.807, 2.05) is 25.1 Å². The average Bonchev–Trinajstić information content (AvgIpc) is 2.92. The summed E-state index contributed by atoms with van der Waals surface area (Å²) in [5.74, 6) is -5.71. The first-order valence-electron chi connectivity index (χ1n) is 14.7. The molecule has 1 saturated carbocycles. The van der Waals surface area contributed by atoms with Crippen LogP contribution < -0.4 is 16.0 Å². The molecule has 4 aliphatic rings. The number of aliphatic hydroxyl groups excluding tert-OH is 2. The van der Waals surface area contributed by atoms with Crippen LogP contribution in [-0.4, -0.2) is 95.7 Å². The molecule has 3 aliphatic carbocycles. The maximum absolute atomic E-state index is 14.1. The minimum absolute atomic E-state index is 0.0669. The third-order valence-corrected chi connectivity index (χ3v) is 9.78. The monoisotopic (exact) mass is 582 g/mol. The number of hydrogen-bond donors (Lipinski definition) is 6. The zero-order valence-electron chi connectivity index (χ0n) is 24.7. The van der Waals surface area contributed by atoms with E-state index in [1.54, 1.807) is 14.1 Å². The molecule has 1 aliphatic heterocycles. The van der Waals surface area contributed by atoms with E-state index in [9.17, 15) is 34.8 Å². The number of carbonyl (C=O) groups is 3. The van der Waals surface area contributed by atoms with Gasteiger partial charge in [-0.05, 0) is 94.7 Å². The number of anilines is 1. The van der Waals surface area contributed by atoms with Gasteiger partial charge in [-0.25, -0.2) is 0 Å². The first-order valence-corrected chi connectivity index (χ1v) is 14.7. The number of Topliss-reactive ketones (excluding diaryl/α,β-unsaturated/α-hetero) is 2. The minimum atomic E-state index is -2.64. The predicted octanol–water partition coefficient (Wildman–Crippen LogP) is 1.35. The Hall–Kier alpha value is -3.41. The smallest absolute Gasteiger partial charge is 0.255 e. The van der Waals surface area contributed by atoms with Crippen LogP contribution in [0.2, 0.25) is 0 Å². The number of piperidine rings is 1. The fraction of sp³-hybridized carbons (Fsp3) is 0.581. The van der Waals surface area contributed by atoms with Crippen LogP contribution in [0, 0.1) is 17.8 Å². The molecule has 1 aromatic carbocycles. The Morgan fingerprint density at radius 1 is 1.12 bits per heavy atom. The molecule has 4 atom stereocenters. The van der Waals surface area contributed by atoms with Gasteiger partial charge < -0.3 is 36.4 Å². The van der Waals surface area contributed by atoms with Crippen molar-refractivity contribution >= 4 is 28.9 Å².